The summed E-state index contributed by atoms with van der Waals surface area (Å²) in [4.78, 5) is 4.33. The van der Waals surface area contributed by atoms with Crippen molar-refractivity contribution in [1.82, 2.24) is 4.98 Å². The van der Waals surface area contributed by atoms with Crippen molar-refractivity contribution in [1.29, 1.82) is 0 Å². The van der Waals surface area contributed by atoms with Crippen LogP contribution in [0, 0.1) is 5.92 Å². The predicted octanol–water partition coefficient (Wildman–Crippen LogP) is 2.36. The summed E-state index contributed by atoms with van der Waals surface area (Å²) in [5.41, 5.74) is 1.19. The molecule has 90 valence electrons. The zero-order valence-electron chi connectivity index (χ0n) is 10.7. The van der Waals surface area contributed by atoms with Crippen LogP contribution in [0.25, 0.3) is 0 Å². The molecule has 1 rings (SSSR count). The van der Waals surface area contributed by atoms with Gasteiger partial charge in [-0.1, -0.05) is 32.8 Å². The van der Waals surface area contributed by atoms with Crippen LogP contribution in [0.1, 0.15) is 45.2 Å². The molecule has 0 radical (unpaired) electrons. The van der Waals surface area contributed by atoms with Crippen LogP contribution in [-0.4, -0.2) is 11.5 Å². The van der Waals surface area contributed by atoms with E-state index in [0.717, 1.165) is 12.5 Å². The maximum absolute atomic E-state index is 4.33. The van der Waals surface area contributed by atoms with Crippen molar-refractivity contribution in [3.05, 3.63) is 30.1 Å². The smallest absolute Gasteiger partial charge is 0.118 e. The number of hydrogen-bond donors (Lipinski definition) is 1. The van der Waals surface area contributed by atoms with Crippen molar-refractivity contribution in [2.45, 2.75) is 46.1 Å². The summed E-state index contributed by atoms with van der Waals surface area (Å²) >= 11 is 0. The Hall–Kier alpha value is -0.890. The lowest BCUT2D eigenvalue weighted by molar-refractivity contribution is -0.676. The third kappa shape index (κ3) is 5.26. The first kappa shape index (κ1) is 13.2. The Morgan fingerprint density at radius 3 is 2.81 bits per heavy atom. The second-order valence-corrected chi connectivity index (χ2v) is 4.47. The summed E-state index contributed by atoms with van der Waals surface area (Å²) in [6.45, 7) is 6.83. The standard InChI is InChI=1S/C14H24N2/c1-3-5-8-13(4-2)11-15-12-14-9-6-7-10-16-14/h6-7,9-10,13,15H,3-5,8,11-12H2,1-2H3/p+1/t13-/m1/s1. The Kier molecular flexibility index (Phi) is 6.82. The quantitative estimate of drug-likeness (QED) is 0.717. The van der Waals surface area contributed by atoms with Gasteiger partial charge in [0.1, 0.15) is 6.54 Å². The minimum atomic E-state index is 0.878. The van der Waals surface area contributed by atoms with Crippen molar-refractivity contribution in [2.24, 2.45) is 5.92 Å². The Bertz CT molecular complexity index is 259. The molecule has 0 aromatic carbocycles. The number of rotatable bonds is 8. The highest BCUT2D eigenvalue weighted by Gasteiger charge is 2.07. The summed E-state index contributed by atoms with van der Waals surface area (Å²) in [5.74, 6) is 0.878. The summed E-state index contributed by atoms with van der Waals surface area (Å²) in [7, 11) is 0. The Morgan fingerprint density at radius 1 is 1.31 bits per heavy atom. The van der Waals surface area contributed by atoms with Crippen molar-refractivity contribution in [3.8, 4) is 0 Å². The fraction of sp³-hybridized carbons (Fsp3) is 0.643. The second kappa shape index (κ2) is 8.28. The van der Waals surface area contributed by atoms with Gasteiger partial charge in [0.25, 0.3) is 0 Å². The number of quaternary nitrogens is 1. The number of unbranched alkanes of at least 4 members (excludes halogenated alkanes) is 1. The highest BCUT2D eigenvalue weighted by atomic mass is 14.9. The van der Waals surface area contributed by atoms with Crippen LogP contribution in [-0.2, 0) is 6.54 Å². The minimum absolute atomic E-state index is 0.878. The van der Waals surface area contributed by atoms with Crippen LogP contribution in [0.4, 0.5) is 0 Å². The molecule has 0 amide bonds. The minimum Gasteiger partial charge on any atom is -0.341 e. The second-order valence-electron chi connectivity index (χ2n) is 4.47. The molecule has 0 aliphatic carbocycles. The Balaban J connectivity index is 2.18. The van der Waals surface area contributed by atoms with E-state index in [1.807, 2.05) is 12.3 Å². The summed E-state index contributed by atoms with van der Waals surface area (Å²) in [6, 6.07) is 6.13. The van der Waals surface area contributed by atoms with Gasteiger partial charge >= 0.3 is 0 Å². The molecule has 0 aliphatic heterocycles. The number of pyridine rings is 1. The topological polar surface area (TPSA) is 29.5 Å². The monoisotopic (exact) mass is 221 g/mol. The summed E-state index contributed by atoms with van der Waals surface area (Å²) in [5, 5.41) is 2.40. The first-order chi connectivity index (χ1) is 7.86. The maximum atomic E-state index is 4.33. The summed E-state index contributed by atoms with van der Waals surface area (Å²) < 4.78 is 0. The molecule has 1 heterocycles. The first-order valence-corrected chi connectivity index (χ1v) is 6.58. The van der Waals surface area contributed by atoms with Crippen molar-refractivity contribution >= 4 is 0 Å². The largest absolute Gasteiger partial charge is 0.341 e. The van der Waals surface area contributed by atoms with E-state index in [0.29, 0.717) is 0 Å². The average molecular weight is 221 g/mol. The third-order valence-corrected chi connectivity index (χ3v) is 3.12. The zero-order valence-corrected chi connectivity index (χ0v) is 10.7. The van der Waals surface area contributed by atoms with Crippen LogP contribution in [0.2, 0.25) is 0 Å². The molecule has 0 saturated carbocycles. The van der Waals surface area contributed by atoms with Gasteiger partial charge in [-0.15, -0.1) is 0 Å². The van der Waals surface area contributed by atoms with E-state index in [2.05, 4.69) is 36.3 Å². The van der Waals surface area contributed by atoms with Gasteiger partial charge in [-0.25, -0.2) is 0 Å². The molecular formula is C14H25N2+. The molecular weight excluding hydrogens is 196 g/mol. The van der Waals surface area contributed by atoms with E-state index in [1.54, 1.807) is 0 Å². The van der Waals surface area contributed by atoms with E-state index in [4.69, 9.17) is 0 Å². The molecule has 1 atom stereocenters. The highest BCUT2D eigenvalue weighted by Crippen LogP contribution is 2.09. The zero-order chi connectivity index (χ0) is 11.6. The lowest BCUT2D eigenvalue weighted by Gasteiger charge is -2.12. The molecule has 1 aromatic rings. The van der Waals surface area contributed by atoms with Gasteiger partial charge in [-0.05, 0) is 25.0 Å². The van der Waals surface area contributed by atoms with Gasteiger partial charge in [0, 0.05) is 12.1 Å². The van der Waals surface area contributed by atoms with Gasteiger partial charge in [0.15, 0.2) is 0 Å². The van der Waals surface area contributed by atoms with Crippen LogP contribution in [0.15, 0.2) is 24.4 Å². The summed E-state index contributed by atoms with van der Waals surface area (Å²) in [6.07, 6.45) is 7.24. The van der Waals surface area contributed by atoms with Crippen LogP contribution in [0.5, 0.6) is 0 Å². The molecule has 0 aliphatic rings. The molecule has 1 aromatic heterocycles. The maximum Gasteiger partial charge on any atom is 0.118 e. The first-order valence-electron chi connectivity index (χ1n) is 6.58. The third-order valence-electron chi connectivity index (χ3n) is 3.12. The van der Waals surface area contributed by atoms with Gasteiger partial charge in [0.2, 0.25) is 0 Å². The number of nitrogens with zero attached hydrogens (tertiary/aromatic N) is 1. The highest BCUT2D eigenvalue weighted by molar-refractivity contribution is 5.01. The lowest BCUT2D eigenvalue weighted by atomic mass is 9.99. The number of nitrogens with two attached hydrogens (primary N) is 1. The molecule has 2 nitrogen and oxygen atoms in total. The van der Waals surface area contributed by atoms with Crippen LogP contribution >= 0.6 is 0 Å². The lowest BCUT2D eigenvalue weighted by Crippen LogP contribution is -2.84. The van der Waals surface area contributed by atoms with Crippen molar-refractivity contribution in [2.75, 3.05) is 6.54 Å². The predicted molar refractivity (Wildman–Crippen MR) is 68.0 cm³/mol. The average Bonchev–Trinajstić information content (AvgIpc) is 2.35. The van der Waals surface area contributed by atoms with Gasteiger partial charge < -0.3 is 5.32 Å². The molecule has 16 heavy (non-hydrogen) atoms. The molecule has 0 spiro atoms. The number of hydrogen-bond acceptors (Lipinski definition) is 1. The van der Waals surface area contributed by atoms with E-state index < -0.39 is 0 Å². The Labute approximate surface area is 99.5 Å². The van der Waals surface area contributed by atoms with E-state index >= 15 is 0 Å². The number of aromatic nitrogens is 1. The van der Waals surface area contributed by atoms with Gasteiger partial charge in [-0.3, -0.25) is 4.98 Å². The van der Waals surface area contributed by atoms with Crippen molar-refractivity contribution < 1.29 is 5.32 Å². The molecule has 0 bridgehead atoms. The SMILES string of the molecule is CCCC[C@@H](CC)C[NH2+]Cc1ccccn1. The van der Waals surface area contributed by atoms with E-state index in [-0.39, 0.29) is 0 Å². The van der Waals surface area contributed by atoms with E-state index in [9.17, 15) is 0 Å². The molecule has 2 N–H and O–H groups in total. The van der Waals surface area contributed by atoms with Crippen LogP contribution in [0.3, 0.4) is 0 Å². The molecule has 0 fully saturated rings. The van der Waals surface area contributed by atoms with Gasteiger partial charge in [-0.2, -0.15) is 0 Å². The molecule has 2 heteroatoms. The van der Waals surface area contributed by atoms with Crippen molar-refractivity contribution in [3.63, 3.8) is 0 Å². The van der Waals surface area contributed by atoms with Gasteiger partial charge in [0.05, 0.1) is 12.2 Å². The molecule has 0 saturated heterocycles. The normalized spacial score (nSPS) is 12.6. The van der Waals surface area contributed by atoms with Crippen LogP contribution < -0.4 is 5.32 Å². The fourth-order valence-corrected chi connectivity index (χ4v) is 1.97. The fourth-order valence-electron chi connectivity index (χ4n) is 1.97. The molecule has 0 unspecified atom stereocenters. The van der Waals surface area contributed by atoms with E-state index in [1.165, 1.54) is 37.9 Å². The Morgan fingerprint density at radius 2 is 2.19 bits per heavy atom.